The number of hydrogen-bond donors (Lipinski definition) is 0. The Morgan fingerprint density at radius 2 is 0.962 bits per heavy atom. The molecule has 0 bridgehead atoms. The van der Waals surface area contributed by atoms with Crippen molar-refractivity contribution in [3.63, 3.8) is 0 Å². The molecule has 1 aliphatic rings. The first kappa shape index (κ1) is 31.3. The van der Waals surface area contributed by atoms with Gasteiger partial charge >= 0.3 is 0 Å². The minimum absolute atomic E-state index is 0. The van der Waals surface area contributed by atoms with Gasteiger partial charge in [-0.25, -0.2) is 0 Å². The number of allylic oxidation sites excluding steroid dienone is 1. The molecule has 0 N–H and O–H groups in total. The van der Waals surface area contributed by atoms with Crippen molar-refractivity contribution in [3.8, 4) is 0 Å². The predicted molar refractivity (Wildman–Crippen MR) is 137 cm³/mol. The summed E-state index contributed by atoms with van der Waals surface area (Å²) in [5, 5.41) is 3.24. The molecular weight excluding hydrogens is 440 g/mol. The molecule has 1 atom stereocenters. The van der Waals surface area contributed by atoms with Gasteiger partial charge in [0.25, 0.3) is 0 Å². The van der Waals surface area contributed by atoms with E-state index in [-0.39, 0.29) is 44.0 Å². The summed E-state index contributed by atoms with van der Waals surface area (Å²) in [6.45, 7) is 27.3. The molecule has 0 aliphatic carbocycles. The summed E-state index contributed by atoms with van der Waals surface area (Å²) in [7, 11) is 1.34. The summed E-state index contributed by atoms with van der Waals surface area (Å²) in [6.07, 6.45) is 0. The fraction of sp³-hybridized carbons (Fsp3) is 0.619. The Kier molecular flexibility index (Phi) is 19.9. The standard InChI is InChI=1S/C12H15P.3C3H9Si.Ge/c1-12(2,3)11-10(13-11)9-7-5-4-6-8-9;3*1-4(2)3;/h4-8,13H,1-3H3;3*1-3H3;. The van der Waals surface area contributed by atoms with Crippen molar-refractivity contribution in [2.24, 2.45) is 5.41 Å². The van der Waals surface area contributed by atoms with Crippen molar-refractivity contribution in [3.05, 3.63) is 41.2 Å². The van der Waals surface area contributed by atoms with Crippen LogP contribution >= 0.6 is 8.58 Å². The normalized spacial score (nSPS) is 13.2. The second kappa shape index (κ2) is 16.5. The van der Waals surface area contributed by atoms with Gasteiger partial charge in [-0.2, -0.15) is 0 Å². The van der Waals surface area contributed by atoms with Crippen molar-refractivity contribution in [2.75, 3.05) is 0 Å². The summed E-state index contributed by atoms with van der Waals surface area (Å²) in [6, 6.07) is 10.7. The molecule has 7 radical (unpaired) electrons. The van der Waals surface area contributed by atoms with Crippen LogP contribution in [0.15, 0.2) is 35.6 Å². The molecule has 1 unspecified atom stereocenters. The molecule has 0 amide bonds. The van der Waals surface area contributed by atoms with Gasteiger partial charge in [0, 0.05) is 44.0 Å². The molecule has 1 aliphatic heterocycles. The van der Waals surface area contributed by atoms with E-state index in [4.69, 9.17) is 0 Å². The van der Waals surface area contributed by atoms with E-state index in [1.165, 1.54) is 5.56 Å². The maximum atomic E-state index is 2.30. The second-order valence-electron chi connectivity index (χ2n) is 8.99. The first-order chi connectivity index (χ1) is 11.3. The molecule has 147 valence electrons. The Balaban J connectivity index is -0.000000342. The second-order valence-corrected chi connectivity index (χ2v) is 19.2. The third kappa shape index (κ3) is 22.6. The zero-order valence-corrected chi connectivity index (χ0v) is 25.5. The molecule has 5 heteroatoms. The van der Waals surface area contributed by atoms with E-state index in [0.717, 1.165) is 8.58 Å². The average molecular weight is 482 g/mol. The van der Waals surface area contributed by atoms with Gasteiger partial charge < -0.3 is 0 Å². The number of benzene rings is 1. The van der Waals surface area contributed by atoms with Gasteiger partial charge in [-0.05, 0) is 21.6 Å². The molecule has 0 fully saturated rings. The Labute approximate surface area is 183 Å². The van der Waals surface area contributed by atoms with E-state index in [1.807, 2.05) is 0 Å². The monoisotopic (exact) mass is 483 g/mol. The van der Waals surface area contributed by atoms with Gasteiger partial charge in [0.1, 0.15) is 0 Å². The Hall–Kier alpha value is 0.584. The van der Waals surface area contributed by atoms with Crippen LogP contribution in [0.4, 0.5) is 0 Å². The number of rotatable bonds is 1. The van der Waals surface area contributed by atoms with Gasteiger partial charge in [0.15, 0.2) is 0 Å². The zero-order valence-electron chi connectivity index (χ0n) is 19.4. The fourth-order valence-electron chi connectivity index (χ4n) is 1.48. The van der Waals surface area contributed by atoms with Crippen LogP contribution < -0.4 is 0 Å². The van der Waals surface area contributed by atoms with Crippen LogP contribution in [0, 0.1) is 5.41 Å². The van der Waals surface area contributed by atoms with Crippen molar-refractivity contribution < 1.29 is 0 Å². The predicted octanol–water partition coefficient (Wildman–Crippen LogP) is 7.82. The SMILES string of the molecule is CC(C)(C)C1=C(c2ccccc2)P1.C[Si](C)C.C[Si](C)C.C[Si](C)C.[Ge]. The summed E-state index contributed by atoms with van der Waals surface area (Å²) in [5.41, 5.74) is 1.80. The van der Waals surface area contributed by atoms with Crippen LogP contribution in [0.25, 0.3) is 5.31 Å². The van der Waals surface area contributed by atoms with Crippen LogP contribution in [0.5, 0.6) is 0 Å². The third-order valence-corrected chi connectivity index (χ3v) is 4.04. The summed E-state index contributed by atoms with van der Waals surface area (Å²) >= 11 is 0. The van der Waals surface area contributed by atoms with Gasteiger partial charge in [-0.3, -0.25) is 0 Å². The molecule has 0 nitrogen and oxygen atoms in total. The molecule has 0 spiro atoms. The van der Waals surface area contributed by atoms with E-state index < -0.39 is 0 Å². The molecule has 0 aromatic heterocycles. The van der Waals surface area contributed by atoms with Crippen LogP contribution in [0.2, 0.25) is 58.9 Å². The third-order valence-electron chi connectivity index (χ3n) is 2.25. The molecule has 2 rings (SSSR count). The molecule has 1 aromatic rings. The van der Waals surface area contributed by atoms with Gasteiger partial charge in [-0.15, -0.1) is 0 Å². The summed E-state index contributed by atoms with van der Waals surface area (Å²) in [5.74, 6) is 0. The average Bonchev–Trinajstić information content (AvgIpc) is 3.17. The molecule has 0 saturated heterocycles. The van der Waals surface area contributed by atoms with E-state index >= 15 is 0 Å². The largest absolute Gasteiger partial charge is 0.0715 e. The van der Waals surface area contributed by atoms with E-state index in [1.54, 1.807) is 10.6 Å². The Morgan fingerprint density at radius 3 is 1.19 bits per heavy atom. The molecule has 26 heavy (non-hydrogen) atoms. The topological polar surface area (TPSA) is 0 Å². The maximum Gasteiger partial charge on any atom is 0.0379 e. The van der Waals surface area contributed by atoms with Crippen LogP contribution in [0.3, 0.4) is 0 Å². The van der Waals surface area contributed by atoms with E-state index in [0.29, 0.717) is 5.41 Å². The first-order valence-corrected chi connectivity index (χ1v) is 19.2. The van der Waals surface area contributed by atoms with Crippen molar-refractivity contribution in [1.29, 1.82) is 0 Å². The van der Waals surface area contributed by atoms with Crippen LogP contribution in [-0.2, 0) is 0 Å². The quantitative estimate of drug-likeness (QED) is 0.283. The van der Waals surface area contributed by atoms with Gasteiger partial charge in [-0.1, -0.05) is 119 Å². The van der Waals surface area contributed by atoms with E-state index in [2.05, 4.69) is 110 Å². The Bertz CT molecular complexity index is 455. The minimum Gasteiger partial charge on any atom is -0.0715 e. The Morgan fingerprint density at radius 1 is 0.654 bits per heavy atom. The molecule has 1 aromatic carbocycles. The fourth-order valence-corrected chi connectivity index (χ4v) is 2.87. The molecule has 1 heterocycles. The van der Waals surface area contributed by atoms with Crippen molar-refractivity contribution in [1.82, 2.24) is 0 Å². The number of hydrogen-bond acceptors (Lipinski definition) is 0. The molecule has 0 saturated carbocycles. The van der Waals surface area contributed by atoms with Crippen molar-refractivity contribution in [2.45, 2.75) is 79.7 Å². The van der Waals surface area contributed by atoms with Gasteiger partial charge in [0.05, 0.1) is 0 Å². The minimum atomic E-state index is 0. The smallest absolute Gasteiger partial charge is 0.0379 e. The summed E-state index contributed by atoms with van der Waals surface area (Å²) in [4.78, 5) is 0. The van der Waals surface area contributed by atoms with Crippen LogP contribution in [0.1, 0.15) is 26.3 Å². The maximum absolute atomic E-state index is 2.30. The molecular formula is C21H42GePSi3. The van der Waals surface area contributed by atoms with Crippen LogP contribution in [-0.4, -0.2) is 44.0 Å². The van der Waals surface area contributed by atoms with E-state index in [9.17, 15) is 0 Å². The zero-order chi connectivity index (χ0) is 20.2. The first-order valence-electron chi connectivity index (χ1n) is 9.16. The van der Waals surface area contributed by atoms with Crippen molar-refractivity contribution >= 4 is 57.9 Å². The summed E-state index contributed by atoms with van der Waals surface area (Å²) < 4.78 is 0. The van der Waals surface area contributed by atoms with Gasteiger partial charge in [0.2, 0.25) is 0 Å².